The molecule has 1 aromatic carbocycles. The Morgan fingerprint density at radius 2 is 1.74 bits per heavy atom. The van der Waals surface area contributed by atoms with E-state index in [-0.39, 0.29) is 18.8 Å². The van der Waals surface area contributed by atoms with Crippen LogP contribution in [0.2, 0.25) is 0 Å². The van der Waals surface area contributed by atoms with Gasteiger partial charge in [0.15, 0.2) is 11.5 Å². The summed E-state index contributed by atoms with van der Waals surface area (Å²) in [6.45, 7) is 6.46. The number of ether oxygens (including phenoxy) is 4. The highest BCUT2D eigenvalue weighted by Gasteiger charge is 2.24. The molecule has 1 N–H and O–H groups in total. The summed E-state index contributed by atoms with van der Waals surface area (Å²) >= 11 is 0. The Balaban J connectivity index is 1.90. The minimum Gasteiger partial charge on any atom is -0.493 e. The predicted octanol–water partition coefficient (Wildman–Crippen LogP) is 1.55. The molecule has 1 aliphatic heterocycles. The van der Waals surface area contributed by atoms with Crippen LogP contribution in [-0.2, 0) is 4.74 Å². The van der Waals surface area contributed by atoms with E-state index in [2.05, 4.69) is 4.90 Å². The molecule has 1 heterocycles. The maximum Gasteiger partial charge on any atom is 0.203 e. The molecule has 6 heteroatoms. The third-order valence-corrected chi connectivity index (χ3v) is 3.77. The molecule has 2 rings (SSSR count). The summed E-state index contributed by atoms with van der Waals surface area (Å²) in [6.07, 6.45) is -0.232. The number of aliphatic hydroxyl groups excluding tert-OH is 1. The highest BCUT2D eigenvalue weighted by molar-refractivity contribution is 5.51. The SMILES string of the molecule is COc1cccc(OC)c1OC[C@H](O)CN1C[C@@H](C)O[C@@H](C)C1. The molecule has 0 spiro atoms. The Kier molecular flexibility index (Phi) is 6.50. The van der Waals surface area contributed by atoms with Crippen LogP contribution < -0.4 is 14.2 Å². The van der Waals surface area contributed by atoms with E-state index in [0.717, 1.165) is 13.1 Å². The zero-order chi connectivity index (χ0) is 16.8. The van der Waals surface area contributed by atoms with E-state index in [4.69, 9.17) is 18.9 Å². The van der Waals surface area contributed by atoms with Crippen molar-refractivity contribution in [2.75, 3.05) is 40.5 Å². The number of β-amino-alcohol motifs (C(OH)–C–C–N with tert-alkyl or cyclic N) is 1. The van der Waals surface area contributed by atoms with Crippen molar-refractivity contribution in [3.63, 3.8) is 0 Å². The Labute approximate surface area is 137 Å². The van der Waals surface area contributed by atoms with Gasteiger partial charge in [-0.05, 0) is 26.0 Å². The fourth-order valence-electron chi connectivity index (χ4n) is 2.92. The third kappa shape index (κ3) is 4.99. The molecule has 0 amide bonds. The van der Waals surface area contributed by atoms with E-state index in [1.54, 1.807) is 26.4 Å². The van der Waals surface area contributed by atoms with Gasteiger partial charge in [-0.25, -0.2) is 0 Å². The molecule has 0 bridgehead atoms. The molecule has 0 unspecified atom stereocenters. The van der Waals surface area contributed by atoms with Crippen molar-refractivity contribution in [3.8, 4) is 17.2 Å². The zero-order valence-electron chi connectivity index (χ0n) is 14.3. The van der Waals surface area contributed by atoms with Crippen LogP contribution in [0.4, 0.5) is 0 Å². The van der Waals surface area contributed by atoms with E-state index < -0.39 is 6.10 Å². The molecule has 1 saturated heterocycles. The molecule has 0 radical (unpaired) electrons. The molecular formula is C17H27NO5. The molecule has 0 saturated carbocycles. The van der Waals surface area contributed by atoms with Crippen molar-refractivity contribution in [2.24, 2.45) is 0 Å². The van der Waals surface area contributed by atoms with Crippen molar-refractivity contribution in [1.29, 1.82) is 0 Å². The molecular weight excluding hydrogens is 298 g/mol. The molecule has 0 aromatic heterocycles. The standard InChI is InChI=1S/C17H27NO5/c1-12-8-18(9-13(2)23-12)10-14(19)11-22-17-15(20-3)6-5-7-16(17)21-4/h5-7,12-14,19H,8-11H2,1-4H3/t12-,13+,14-/m1/s1. The Hall–Kier alpha value is -1.50. The van der Waals surface area contributed by atoms with Crippen LogP contribution in [0.25, 0.3) is 0 Å². The summed E-state index contributed by atoms with van der Waals surface area (Å²) in [5, 5.41) is 10.3. The largest absolute Gasteiger partial charge is 0.493 e. The zero-order valence-corrected chi connectivity index (χ0v) is 14.3. The first-order chi connectivity index (χ1) is 11.0. The van der Waals surface area contributed by atoms with Crippen LogP contribution in [0.15, 0.2) is 18.2 Å². The van der Waals surface area contributed by atoms with Crippen molar-refractivity contribution in [2.45, 2.75) is 32.2 Å². The summed E-state index contributed by atoms with van der Waals surface area (Å²) in [6, 6.07) is 5.43. The summed E-state index contributed by atoms with van der Waals surface area (Å²) in [7, 11) is 3.16. The third-order valence-electron chi connectivity index (χ3n) is 3.77. The lowest BCUT2D eigenvalue weighted by molar-refractivity contribution is -0.0787. The summed E-state index contributed by atoms with van der Waals surface area (Å²) in [5.74, 6) is 1.69. The Morgan fingerprint density at radius 3 is 2.26 bits per heavy atom. The number of hydrogen-bond acceptors (Lipinski definition) is 6. The van der Waals surface area contributed by atoms with Crippen molar-refractivity contribution >= 4 is 0 Å². The molecule has 3 atom stereocenters. The van der Waals surface area contributed by atoms with E-state index in [1.165, 1.54) is 0 Å². The molecule has 23 heavy (non-hydrogen) atoms. The molecule has 1 aliphatic rings. The first-order valence-electron chi connectivity index (χ1n) is 7.93. The number of benzene rings is 1. The molecule has 1 fully saturated rings. The van der Waals surface area contributed by atoms with Gasteiger partial charge in [-0.3, -0.25) is 4.90 Å². The van der Waals surface area contributed by atoms with Gasteiger partial charge in [-0.15, -0.1) is 0 Å². The lowest BCUT2D eigenvalue weighted by Gasteiger charge is -2.36. The van der Waals surface area contributed by atoms with Crippen molar-refractivity contribution in [1.82, 2.24) is 4.90 Å². The van der Waals surface area contributed by atoms with Crippen LogP contribution in [0.1, 0.15) is 13.8 Å². The number of rotatable bonds is 7. The first kappa shape index (κ1) is 17.8. The Morgan fingerprint density at radius 1 is 1.17 bits per heavy atom. The van der Waals surface area contributed by atoms with Crippen LogP contribution >= 0.6 is 0 Å². The van der Waals surface area contributed by atoms with E-state index in [1.807, 2.05) is 19.9 Å². The van der Waals surface area contributed by atoms with Gasteiger partial charge >= 0.3 is 0 Å². The normalized spacial score (nSPS) is 23.3. The van der Waals surface area contributed by atoms with Crippen LogP contribution in [0, 0.1) is 0 Å². The van der Waals surface area contributed by atoms with Crippen molar-refractivity contribution < 1.29 is 24.1 Å². The smallest absolute Gasteiger partial charge is 0.203 e. The first-order valence-corrected chi connectivity index (χ1v) is 7.93. The second-order valence-corrected chi connectivity index (χ2v) is 5.93. The van der Waals surface area contributed by atoms with Gasteiger partial charge in [-0.1, -0.05) is 6.07 Å². The highest BCUT2D eigenvalue weighted by Crippen LogP contribution is 2.36. The maximum absolute atomic E-state index is 10.3. The number of para-hydroxylation sites is 1. The van der Waals surface area contributed by atoms with Gasteiger partial charge < -0.3 is 24.1 Å². The second kappa shape index (κ2) is 8.38. The highest BCUT2D eigenvalue weighted by atomic mass is 16.5. The monoisotopic (exact) mass is 325 g/mol. The van der Waals surface area contributed by atoms with E-state index >= 15 is 0 Å². The second-order valence-electron chi connectivity index (χ2n) is 5.93. The number of aliphatic hydroxyl groups is 1. The van der Waals surface area contributed by atoms with Crippen LogP contribution in [0.3, 0.4) is 0 Å². The van der Waals surface area contributed by atoms with E-state index in [0.29, 0.717) is 23.8 Å². The number of morpholine rings is 1. The molecule has 130 valence electrons. The van der Waals surface area contributed by atoms with Crippen LogP contribution in [0.5, 0.6) is 17.2 Å². The van der Waals surface area contributed by atoms with Gasteiger partial charge in [0, 0.05) is 19.6 Å². The maximum atomic E-state index is 10.3. The Bertz CT molecular complexity index is 464. The van der Waals surface area contributed by atoms with Crippen molar-refractivity contribution in [3.05, 3.63) is 18.2 Å². The topological polar surface area (TPSA) is 60.4 Å². The fourth-order valence-corrected chi connectivity index (χ4v) is 2.92. The fraction of sp³-hybridized carbons (Fsp3) is 0.647. The van der Waals surface area contributed by atoms with Gasteiger partial charge in [0.25, 0.3) is 0 Å². The predicted molar refractivity (Wildman–Crippen MR) is 87.5 cm³/mol. The molecule has 0 aliphatic carbocycles. The number of methoxy groups -OCH3 is 2. The summed E-state index contributed by atoms with van der Waals surface area (Å²) < 4.78 is 22.0. The average Bonchev–Trinajstić information content (AvgIpc) is 2.51. The average molecular weight is 325 g/mol. The number of nitrogens with zero attached hydrogens (tertiary/aromatic N) is 1. The lowest BCUT2D eigenvalue weighted by Crippen LogP contribution is -2.48. The van der Waals surface area contributed by atoms with E-state index in [9.17, 15) is 5.11 Å². The van der Waals surface area contributed by atoms with Gasteiger partial charge in [0.1, 0.15) is 12.7 Å². The summed E-state index contributed by atoms with van der Waals surface area (Å²) in [5.41, 5.74) is 0. The van der Waals surface area contributed by atoms with Gasteiger partial charge in [0.2, 0.25) is 5.75 Å². The van der Waals surface area contributed by atoms with Crippen LogP contribution in [-0.4, -0.2) is 68.8 Å². The minimum absolute atomic E-state index is 0.177. The lowest BCUT2D eigenvalue weighted by atomic mass is 10.2. The quantitative estimate of drug-likeness (QED) is 0.821. The molecule has 6 nitrogen and oxygen atoms in total. The van der Waals surface area contributed by atoms with Gasteiger partial charge in [0.05, 0.1) is 26.4 Å². The summed E-state index contributed by atoms with van der Waals surface area (Å²) in [4.78, 5) is 2.20. The van der Waals surface area contributed by atoms with Gasteiger partial charge in [-0.2, -0.15) is 0 Å². The minimum atomic E-state index is -0.595. The molecule has 1 aromatic rings. The number of hydrogen-bond donors (Lipinski definition) is 1.